The molecule has 48 heavy (non-hydrogen) atoms. The number of thioether (sulfide) groups is 1. The Morgan fingerprint density at radius 3 is 2.62 bits per heavy atom. The first-order valence-electron chi connectivity index (χ1n) is 15.3. The molecule has 1 amide bonds. The second-order valence-electron chi connectivity index (χ2n) is 12.3. The Hall–Kier alpha value is -3.75. The number of morpholine rings is 1. The van der Waals surface area contributed by atoms with E-state index in [2.05, 4.69) is 0 Å². The third-order valence-electron chi connectivity index (χ3n) is 8.77. The summed E-state index contributed by atoms with van der Waals surface area (Å²) in [5.41, 5.74) is -0.660. The van der Waals surface area contributed by atoms with Crippen molar-refractivity contribution >= 4 is 31.5 Å². The predicted molar refractivity (Wildman–Crippen MR) is 168 cm³/mol. The van der Waals surface area contributed by atoms with Gasteiger partial charge in [-0.25, -0.2) is 18.1 Å². The number of rotatable bonds is 7. The number of aromatic nitrogens is 1. The van der Waals surface area contributed by atoms with Crippen LogP contribution in [0.5, 0.6) is 5.75 Å². The van der Waals surface area contributed by atoms with E-state index in [-0.39, 0.29) is 50.0 Å². The van der Waals surface area contributed by atoms with Gasteiger partial charge in [0.25, 0.3) is 5.91 Å². The van der Waals surface area contributed by atoms with Crippen LogP contribution in [-0.4, -0.2) is 66.7 Å². The molecule has 1 aromatic heterocycles. The third-order valence-corrected chi connectivity index (χ3v) is 11.3. The zero-order chi connectivity index (χ0) is 34.0. The molecule has 3 aromatic rings. The van der Waals surface area contributed by atoms with Gasteiger partial charge in [-0.1, -0.05) is 38.1 Å². The monoisotopic (exact) mass is 703 g/mol. The molecule has 0 radical (unpaired) electrons. The van der Waals surface area contributed by atoms with Gasteiger partial charge < -0.3 is 18.9 Å². The van der Waals surface area contributed by atoms with E-state index in [1.54, 1.807) is 18.9 Å². The van der Waals surface area contributed by atoms with Gasteiger partial charge in [-0.2, -0.15) is 0 Å². The largest absolute Gasteiger partial charge is 0.531 e. The van der Waals surface area contributed by atoms with Crippen LogP contribution in [0.1, 0.15) is 54.0 Å². The molecule has 0 saturated carbocycles. The number of amides is 1. The highest BCUT2D eigenvalue weighted by atomic mass is 32.2. The summed E-state index contributed by atoms with van der Waals surface area (Å²) in [6, 6.07) is 10.3. The highest BCUT2D eigenvalue weighted by molar-refractivity contribution is 7.98. The van der Waals surface area contributed by atoms with Gasteiger partial charge in [-0.05, 0) is 30.2 Å². The maximum Gasteiger partial charge on any atom is 0.531 e. The van der Waals surface area contributed by atoms with Crippen LogP contribution in [0, 0.1) is 17.0 Å². The Morgan fingerprint density at radius 1 is 1.08 bits per heavy atom. The van der Waals surface area contributed by atoms with Crippen molar-refractivity contribution in [1.82, 2.24) is 9.58 Å². The van der Waals surface area contributed by atoms with Crippen LogP contribution in [0.2, 0.25) is 0 Å². The van der Waals surface area contributed by atoms with Gasteiger partial charge in [0.05, 0.1) is 32.5 Å². The van der Waals surface area contributed by atoms with Gasteiger partial charge in [0.2, 0.25) is 11.2 Å². The molecule has 254 valence electrons. The number of carbonyl (C=O) groups excluding carboxylic acids is 2. The van der Waals surface area contributed by atoms with Crippen molar-refractivity contribution in [1.29, 1.82) is 0 Å². The second-order valence-corrected chi connectivity index (χ2v) is 14.9. The molecule has 12 nitrogen and oxygen atoms in total. The molecule has 0 N–H and O–H groups in total. The molecule has 0 spiro atoms. The zero-order valence-corrected chi connectivity index (χ0v) is 27.9. The average molecular weight is 704 g/mol. The number of ether oxygens (including phenoxy) is 2. The van der Waals surface area contributed by atoms with Crippen LogP contribution < -0.4 is 15.0 Å². The van der Waals surface area contributed by atoms with Crippen molar-refractivity contribution in [3.8, 4) is 5.75 Å². The molecular formula is C32H32F2N3O9PS. The molecule has 0 aliphatic carbocycles. The number of pyridine rings is 1. The fourth-order valence-electron chi connectivity index (χ4n) is 6.45. The van der Waals surface area contributed by atoms with E-state index in [9.17, 15) is 23.3 Å². The van der Waals surface area contributed by atoms with Gasteiger partial charge in [0.15, 0.2) is 23.4 Å². The van der Waals surface area contributed by atoms with E-state index < -0.39 is 66.2 Å². The summed E-state index contributed by atoms with van der Waals surface area (Å²) in [5.74, 6) is -3.85. The standard InChI is InChI=1S/C32H32F2N3O9PS/c1-4-44-47(41,46-29-31(40)43-17-32(29,2)3)45-28-22(38)11-12-36-27(28)30(39)35-13-14-42-15-24(35)37(36)26-18-9-10-21(33)25(34)20(18)16-48-23-8-6-5-7-19(23)26/h5-12,24,26,29H,4,13-17H2,1-3H3/t24-,26+,29+,47?/m1/s1. The smallest absolute Gasteiger partial charge is 0.463 e. The lowest BCUT2D eigenvalue weighted by Gasteiger charge is -2.51. The molecule has 1 unspecified atom stereocenters. The summed E-state index contributed by atoms with van der Waals surface area (Å²) in [7, 11) is -4.74. The van der Waals surface area contributed by atoms with E-state index in [0.717, 1.165) is 22.6 Å². The Kier molecular flexibility index (Phi) is 8.39. The van der Waals surface area contributed by atoms with Gasteiger partial charge in [0.1, 0.15) is 6.17 Å². The number of nitrogens with zero attached hydrogens (tertiary/aromatic N) is 3. The number of hydrogen-bond acceptors (Lipinski definition) is 11. The van der Waals surface area contributed by atoms with E-state index in [4.69, 9.17) is 23.0 Å². The topological polar surface area (TPSA) is 126 Å². The number of phosphoric acid groups is 1. The fraction of sp³-hybridized carbons (Fsp3) is 0.406. The molecule has 4 atom stereocenters. The third kappa shape index (κ3) is 5.41. The average Bonchev–Trinajstić information content (AvgIpc) is 3.21. The molecule has 2 saturated heterocycles. The highest BCUT2D eigenvalue weighted by Gasteiger charge is 2.52. The molecular weight excluding hydrogens is 671 g/mol. The van der Waals surface area contributed by atoms with E-state index in [0.29, 0.717) is 5.56 Å². The number of carbonyl (C=O) groups is 2. The van der Waals surface area contributed by atoms with Crippen molar-refractivity contribution in [2.24, 2.45) is 5.41 Å². The molecule has 0 bridgehead atoms. The predicted octanol–water partition coefficient (Wildman–Crippen LogP) is 4.76. The Balaban J connectivity index is 1.42. The number of esters is 1. The first-order valence-corrected chi connectivity index (χ1v) is 17.8. The van der Waals surface area contributed by atoms with E-state index >= 15 is 4.39 Å². The van der Waals surface area contributed by atoms with Crippen LogP contribution in [0.4, 0.5) is 8.78 Å². The van der Waals surface area contributed by atoms with Gasteiger partial charge in [0, 0.05) is 40.4 Å². The molecule has 2 aromatic carbocycles. The summed E-state index contributed by atoms with van der Waals surface area (Å²) in [5, 5.41) is 1.76. The summed E-state index contributed by atoms with van der Waals surface area (Å²) in [4.78, 5) is 42.7. The van der Waals surface area contributed by atoms with Crippen molar-refractivity contribution in [2.75, 3.05) is 38.0 Å². The summed E-state index contributed by atoms with van der Waals surface area (Å²) >= 11 is 1.35. The number of hydrogen-bond donors (Lipinski definition) is 0. The second kappa shape index (κ2) is 12.3. The Morgan fingerprint density at radius 2 is 1.88 bits per heavy atom. The van der Waals surface area contributed by atoms with E-state index in [1.807, 2.05) is 24.3 Å². The van der Waals surface area contributed by atoms with E-state index in [1.165, 1.54) is 40.5 Å². The minimum absolute atomic E-state index is 0.00893. The Labute approximate surface area is 278 Å². The fourth-order valence-corrected chi connectivity index (χ4v) is 9.07. The lowest BCUT2D eigenvalue weighted by Crippen LogP contribution is -2.66. The van der Waals surface area contributed by atoms with Crippen molar-refractivity contribution in [2.45, 2.75) is 49.7 Å². The number of phosphoric ester groups is 1. The lowest BCUT2D eigenvalue weighted by atomic mass is 9.90. The van der Waals surface area contributed by atoms with Crippen molar-refractivity contribution in [3.05, 3.63) is 92.9 Å². The normalized spacial score (nSPS) is 24.1. The first-order chi connectivity index (χ1) is 22.9. The number of halogens is 2. The van der Waals surface area contributed by atoms with Crippen LogP contribution in [0.25, 0.3) is 0 Å². The molecule has 4 aliphatic heterocycles. The number of fused-ring (bicyclic) bond motifs is 4. The first kappa shape index (κ1) is 32.8. The minimum Gasteiger partial charge on any atom is -0.463 e. The maximum absolute atomic E-state index is 15.5. The summed E-state index contributed by atoms with van der Waals surface area (Å²) < 4.78 is 73.5. The van der Waals surface area contributed by atoms with Gasteiger partial charge in [-0.3, -0.25) is 28.3 Å². The zero-order valence-electron chi connectivity index (χ0n) is 26.2. The number of benzene rings is 2. The number of cyclic esters (lactones) is 1. The molecule has 16 heteroatoms. The summed E-state index contributed by atoms with van der Waals surface area (Å²) in [6.07, 6.45) is -0.738. The molecule has 4 aliphatic rings. The lowest BCUT2D eigenvalue weighted by molar-refractivity contribution is -0.144. The van der Waals surface area contributed by atoms with Gasteiger partial charge in [-0.15, -0.1) is 11.8 Å². The SMILES string of the molecule is CCOP(=O)(Oc1c2n(ccc1=O)N([C@@H]1c3ccccc3SCc3c1ccc(F)c3F)[C@@H]1COCCN1C2=O)O[C@H]1C(=O)OCC1(C)C. The maximum atomic E-state index is 15.5. The highest BCUT2D eigenvalue weighted by Crippen LogP contribution is 2.54. The molecule has 5 heterocycles. The van der Waals surface area contributed by atoms with Crippen LogP contribution in [0.3, 0.4) is 0 Å². The van der Waals surface area contributed by atoms with Gasteiger partial charge >= 0.3 is 13.8 Å². The van der Waals surface area contributed by atoms with Crippen LogP contribution in [0.15, 0.2) is 58.4 Å². The molecule has 2 fully saturated rings. The van der Waals surface area contributed by atoms with Crippen LogP contribution in [-0.2, 0) is 33.6 Å². The minimum atomic E-state index is -4.74. The van der Waals surface area contributed by atoms with Crippen LogP contribution >= 0.6 is 19.6 Å². The quantitative estimate of drug-likeness (QED) is 0.250. The Bertz CT molecular complexity index is 1920. The summed E-state index contributed by atoms with van der Waals surface area (Å²) in [6.45, 7) is 5.05. The van der Waals surface area contributed by atoms with Crippen molar-refractivity contribution in [3.63, 3.8) is 0 Å². The molecule has 7 rings (SSSR count). The van der Waals surface area contributed by atoms with Crippen molar-refractivity contribution < 1.29 is 46.0 Å².